The second-order valence-corrected chi connectivity index (χ2v) is 6.63. The van der Waals surface area contributed by atoms with Gasteiger partial charge in [0.2, 0.25) is 4.96 Å². The summed E-state index contributed by atoms with van der Waals surface area (Å²) < 4.78 is 7.07. The molecule has 0 unspecified atom stereocenters. The number of aryl methyl sites for hydroxylation is 1. The average Bonchev–Trinajstić information content (AvgIpc) is 3.22. The summed E-state index contributed by atoms with van der Waals surface area (Å²) in [5, 5.41) is 14.8. The smallest absolute Gasteiger partial charge is 0.295 e. The molecule has 4 aromatic rings. The minimum Gasteiger partial charge on any atom is -0.457 e. The normalized spacial score (nSPS) is 12.0. The molecule has 0 N–H and O–H groups in total. The van der Waals surface area contributed by atoms with Gasteiger partial charge in [-0.15, -0.1) is 0 Å². The van der Waals surface area contributed by atoms with Gasteiger partial charge in [-0.05, 0) is 19.1 Å². The van der Waals surface area contributed by atoms with Crippen LogP contribution in [-0.2, 0) is 0 Å². The van der Waals surface area contributed by atoms with Crippen LogP contribution in [0.3, 0.4) is 0 Å². The third-order valence-electron chi connectivity index (χ3n) is 3.78. The number of rotatable bonds is 3. The van der Waals surface area contributed by atoms with E-state index in [1.54, 1.807) is 24.3 Å². The lowest BCUT2D eigenvalue weighted by molar-refractivity contribution is -0.384. The molecule has 0 bridgehead atoms. The van der Waals surface area contributed by atoms with Gasteiger partial charge < -0.3 is 4.42 Å². The summed E-state index contributed by atoms with van der Waals surface area (Å²) >= 11 is 1.03. The van der Waals surface area contributed by atoms with Crippen molar-refractivity contribution in [1.29, 1.82) is 0 Å². The zero-order valence-electron chi connectivity index (χ0n) is 13.8. The van der Waals surface area contributed by atoms with E-state index >= 15 is 0 Å². The third-order valence-corrected chi connectivity index (χ3v) is 4.74. The maximum atomic E-state index is 12.4. The van der Waals surface area contributed by atoms with E-state index in [0.29, 0.717) is 21.6 Å². The highest BCUT2D eigenvalue weighted by atomic mass is 32.1. The second-order valence-electron chi connectivity index (χ2n) is 5.62. The average molecular weight is 382 g/mol. The maximum Gasteiger partial charge on any atom is 0.295 e. The van der Waals surface area contributed by atoms with Crippen LogP contribution in [0.4, 0.5) is 5.69 Å². The molecule has 0 atom stereocenters. The first-order valence-corrected chi connectivity index (χ1v) is 8.51. The minimum atomic E-state index is -0.482. The zero-order chi connectivity index (χ0) is 19.1. The van der Waals surface area contributed by atoms with Crippen molar-refractivity contribution < 1.29 is 9.34 Å². The Labute approximate surface area is 154 Å². The van der Waals surface area contributed by atoms with Crippen molar-refractivity contribution in [1.82, 2.24) is 14.6 Å². The van der Waals surface area contributed by atoms with Gasteiger partial charge in [-0.3, -0.25) is 19.7 Å². The minimum absolute atomic E-state index is 0.0434. The molecule has 4 rings (SSSR count). The van der Waals surface area contributed by atoms with Crippen LogP contribution in [0.2, 0.25) is 0 Å². The first kappa shape index (κ1) is 16.8. The van der Waals surface area contributed by atoms with Crippen LogP contribution < -0.4 is 15.7 Å². The van der Waals surface area contributed by atoms with Gasteiger partial charge in [0.05, 0.1) is 4.92 Å². The van der Waals surface area contributed by atoms with Gasteiger partial charge in [-0.1, -0.05) is 23.5 Å². The summed E-state index contributed by atoms with van der Waals surface area (Å²) in [5.41, 5.74) is -0.238. The predicted molar refractivity (Wildman–Crippen MR) is 97.7 cm³/mol. The van der Waals surface area contributed by atoms with Gasteiger partial charge in [0.1, 0.15) is 21.7 Å². The number of aromatic nitrogens is 3. The van der Waals surface area contributed by atoms with Crippen molar-refractivity contribution in [3.8, 4) is 11.3 Å². The standard InChI is InChI=1S/C17H10N4O5S/c1-9-15(22)18-17-20(19-9)16(23)14(27-17)8-12-5-6-13(26-12)10-3-2-4-11(7-10)21(24)25/h2-8H,1H3. The monoisotopic (exact) mass is 382 g/mol. The molecule has 134 valence electrons. The predicted octanol–water partition coefficient (Wildman–Crippen LogP) is 1.54. The van der Waals surface area contributed by atoms with Crippen molar-refractivity contribution in [2.45, 2.75) is 6.92 Å². The van der Waals surface area contributed by atoms with Gasteiger partial charge in [0.15, 0.2) is 0 Å². The van der Waals surface area contributed by atoms with E-state index in [2.05, 4.69) is 10.1 Å². The molecule has 0 aliphatic rings. The molecule has 10 heteroatoms. The molecule has 3 heterocycles. The van der Waals surface area contributed by atoms with Crippen LogP contribution >= 0.6 is 11.3 Å². The van der Waals surface area contributed by atoms with E-state index < -0.39 is 16.0 Å². The Morgan fingerprint density at radius 3 is 2.85 bits per heavy atom. The molecule has 0 amide bonds. The summed E-state index contributed by atoms with van der Waals surface area (Å²) in [7, 11) is 0. The second kappa shape index (κ2) is 6.25. The van der Waals surface area contributed by atoms with Gasteiger partial charge in [0.25, 0.3) is 16.8 Å². The van der Waals surface area contributed by atoms with Crippen molar-refractivity contribution in [3.63, 3.8) is 0 Å². The van der Waals surface area contributed by atoms with Crippen molar-refractivity contribution in [2.75, 3.05) is 0 Å². The summed E-state index contributed by atoms with van der Waals surface area (Å²) in [4.78, 5) is 38.4. The van der Waals surface area contributed by atoms with E-state index in [1.165, 1.54) is 25.1 Å². The van der Waals surface area contributed by atoms with Crippen LogP contribution in [-0.4, -0.2) is 19.5 Å². The number of nitrogens with zero attached hydrogens (tertiary/aromatic N) is 4. The fourth-order valence-electron chi connectivity index (χ4n) is 2.47. The molecule has 27 heavy (non-hydrogen) atoms. The fraction of sp³-hybridized carbons (Fsp3) is 0.0588. The van der Waals surface area contributed by atoms with Crippen molar-refractivity contribution in [2.24, 2.45) is 0 Å². The number of nitro benzene ring substituents is 1. The first-order chi connectivity index (χ1) is 12.9. The summed E-state index contributed by atoms with van der Waals surface area (Å²) in [6.07, 6.45) is 1.52. The number of fused-ring (bicyclic) bond motifs is 1. The lowest BCUT2D eigenvalue weighted by Crippen LogP contribution is -2.27. The number of hydrogen-bond donors (Lipinski definition) is 0. The number of nitro groups is 1. The van der Waals surface area contributed by atoms with Crippen molar-refractivity contribution >= 4 is 28.1 Å². The molecule has 0 radical (unpaired) electrons. The lowest BCUT2D eigenvalue weighted by atomic mass is 10.1. The zero-order valence-corrected chi connectivity index (χ0v) is 14.6. The molecule has 0 saturated carbocycles. The van der Waals surface area contributed by atoms with Crippen LogP contribution in [0.5, 0.6) is 0 Å². The summed E-state index contributed by atoms with van der Waals surface area (Å²) in [6.45, 7) is 1.49. The van der Waals surface area contributed by atoms with Gasteiger partial charge in [-0.25, -0.2) is 0 Å². The Morgan fingerprint density at radius 1 is 1.26 bits per heavy atom. The van der Waals surface area contributed by atoms with E-state index in [-0.39, 0.29) is 16.3 Å². The van der Waals surface area contributed by atoms with E-state index in [0.717, 1.165) is 15.9 Å². The fourth-order valence-corrected chi connectivity index (χ4v) is 3.36. The van der Waals surface area contributed by atoms with Gasteiger partial charge >= 0.3 is 0 Å². The van der Waals surface area contributed by atoms with Gasteiger partial charge in [0, 0.05) is 23.8 Å². The summed E-state index contributed by atoms with van der Waals surface area (Å²) in [5.74, 6) is 0.819. The van der Waals surface area contributed by atoms with Crippen molar-refractivity contribution in [3.05, 3.63) is 83.2 Å². The highest BCUT2D eigenvalue weighted by Gasteiger charge is 2.11. The maximum absolute atomic E-state index is 12.4. The molecule has 9 nitrogen and oxygen atoms in total. The number of hydrogen-bond acceptors (Lipinski definition) is 8. The number of non-ortho nitro benzene ring substituents is 1. The lowest BCUT2D eigenvalue weighted by Gasteiger charge is -1.96. The Balaban J connectivity index is 1.78. The highest BCUT2D eigenvalue weighted by Crippen LogP contribution is 2.25. The Morgan fingerprint density at radius 2 is 2.07 bits per heavy atom. The molecule has 3 aromatic heterocycles. The van der Waals surface area contributed by atoms with E-state index in [1.807, 2.05) is 0 Å². The van der Waals surface area contributed by atoms with Gasteiger partial charge in [-0.2, -0.15) is 14.6 Å². The van der Waals surface area contributed by atoms with Crippen LogP contribution in [0.1, 0.15) is 11.5 Å². The number of thiazole rings is 1. The first-order valence-electron chi connectivity index (χ1n) is 7.69. The van der Waals surface area contributed by atoms with Crippen LogP contribution in [0.15, 0.2) is 50.4 Å². The SMILES string of the molecule is Cc1nn2c(=O)c(=Cc3ccc(-c4cccc([N+](=O)[O-])c4)o3)sc2nc1=O. The topological polar surface area (TPSA) is 121 Å². The Bertz CT molecular complexity index is 1370. The number of benzene rings is 1. The van der Waals surface area contributed by atoms with Crippen LogP contribution in [0, 0.1) is 17.0 Å². The molecule has 0 fully saturated rings. The summed E-state index contributed by atoms with van der Waals surface area (Å²) in [6, 6.07) is 9.36. The Kier molecular flexibility index (Phi) is 3.89. The molecular weight excluding hydrogens is 372 g/mol. The van der Waals surface area contributed by atoms with E-state index in [9.17, 15) is 19.7 Å². The molecule has 0 saturated heterocycles. The van der Waals surface area contributed by atoms with Crippen LogP contribution in [0.25, 0.3) is 22.4 Å². The molecule has 0 aliphatic carbocycles. The molecule has 1 aromatic carbocycles. The van der Waals surface area contributed by atoms with E-state index in [4.69, 9.17) is 4.42 Å². The largest absolute Gasteiger partial charge is 0.457 e. The highest BCUT2D eigenvalue weighted by molar-refractivity contribution is 7.15. The quantitative estimate of drug-likeness (QED) is 0.389. The number of furan rings is 1. The molecule has 0 aliphatic heterocycles. The third kappa shape index (κ3) is 3.02. The Hall–Kier alpha value is -3.66. The molecular formula is C17H10N4O5S. The molecule has 0 spiro atoms.